The minimum Gasteiger partial charge on any atom is -0.497 e. The van der Waals surface area contributed by atoms with Gasteiger partial charge in [0.05, 0.1) is 7.11 Å². The molecule has 0 amide bonds. The molecule has 0 unspecified atom stereocenters. The summed E-state index contributed by atoms with van der Waals surface area (Å²) in [4.78, 5) is 0. The topological polar surface area (TPSA) is 35.2 Å². The number of benzene rings is 1. The van der Waals surface area contributed by atoms with E-state index in [-0.39, 0.29) is 6.04 Å². The van der Waals surface area contributed by atoms with Gasteiger partial charge in [-0.15, -0.1) is 6.58 Å². The summed E-state index contributed by atoms with van der Waals surface area (Å²) in [7, 11) is 1.64. The Bertz CT molecular complexity index is 325. The minimum absolute atomic E-state index is 0.0306. The van der Waals surface area contributed by atoms with Crippen LogP contribution in [0.1, 0.15) is 18.0 Å². The third-order valence-electron chi connectivity index (χ3n) is 2.02. The molecule has 1 atom stereocenters. The lowest BCUT2D eigenvalue weighted by molar-refractivity contribution is 0.413. The van der Waals surface area contributed by atoms with Crippen molar-refractivity contribution in [2.75, 3.05) is 7.11 Å². The van der Waals surface area contributed by atoms with Crippen LogP contribution in [0, 0.1) is 0 Å². The van der Waals surface area contributed by atoms with Gasteiger partial charge >= 0.3 is 0 Å². The van der Waals surface area contributed by atoms with Crippen molar-refractivity contribution in [3.8, 4) is 5.75 Å². The van der Waals surface area contributed by atoms with Gasteiger partial charge in [0.15, 0.2) is 0 Å². The van der Waals surface area contributed by atoms with Gasteiger partial charge in [-0.3, -0.25) is 0 Å². The first-order valence-corrected chi connectivity index (χ1v) is 5.18. The number of methoxy groups -OCH3 is 1. The summed E-state index contributed by atoms with van der Waals surface area (Å²) in [5, 5.41) is 0. The number of ether oxygens (including phenoxy) is 1. The van der Waals surface area contributed by atoms with E-state index in [1.165, 1.54) is 0 Å². The van der Waals surface area contributed by atoms with Crippen LogP contribution in [0.15, 0.2) is 35.3 Å². The van der Waals surface area contributed by atoms with E-state index in [9.17, 15) is 0 Å². The Morgan fingerprint density at radius 1 is 1.64 bits per heavy atom. The molecular weight excluding hydrogens is 242 g/mol. The molecule has 2 nitrogen and oxygen atoms in total. The van der Waals surface area contributed by atoms with Crippen molar-refractivity contribution in [2.45, 2.75) is 12.5 Å². The maximum Gasteiger partial charge on any atom is 0.119 e. The highest BCUT2D eigenvalue weighted by molar-refractivity contribution is 9.10. The lowest BCUT2D eigenvalue weighted by Gasteiger charge is -2.13. The number of nitrogens with two attached hydrogens (primary N) is 1. The van der Waals surface area contributed by atoms with Crippen molar-refractivity contribution < 1.29 is 4.74 Å². The first-order valence-electron chi connectivity index (χ1n) is 4.39. The van der Waals surface area contributed by atoms with Crippen LogP contribution < -0.4 is 10.5 Å². The highest BCUT2D eigenvalue weighted by atomic mass is 79.9. The highest BCUT2D eigenvalue weighted by Gasteiger charge is 2.09. The maximum absolute atomic E-state index is 5.97. The third kappa shape index (κ3) is 2.59. The minimum atomic E-state index is -0.0306. The van der Waals surface area contributed by atoms with Gasteiger partial charge in [0.1, 0.15) is 5.75 Å². The van der Waals surface area contributed by atoms with E-state index in [4.69, 9.17) is 10.5 Å². The first-order chi connectivity index (χ1) is 6.69. The van der Waals surface area contributed by atoms with Gasteiger partial charge in [-0.05, 0) is 30.2 Å². The smallest absolute Gasteiger partial charge is 0.119 e. The zero-order valence-electron chi connectivity index (χ0n) is 8.16. The second kappa shape index (κ2) is 5.17. The van der Waals surface area contributed by atoms with E-state index in [1.54, 1.807) is 7.11 Å². The van der Waals surface area contributed by atoms with Gasteiger partial charge in [0.2, 0.25) is 0 Å². The molecule has 0 radical (unpaired) electrons. The molecule has 0 fully saturated rings. The predicted octanol–water partition coefficient (Wildman–Crippen LogP) is 3.03. The van der Waals surface area contributed by atoms with Crippen molar-refractivity contribution in [1.82, 2.24) is 0 Å². The van der Waals surface area contributed by atoms with Gasteiger partial charge in [-0.25, -0.2) is 0 Å². The average Bonchev–Trinajstić information content (AvgIpc) is 2.19. The van der Waals surface area contributed by atoms with Crippen LogP contribution in [-0.2, 0) is 0 Å². The van der Waals surface area contributed by atoms with Crippen LogP contribution in [0.4, 0.5) is 0 Å². The van der Waals surface area contributed by atoms with E-state index in [2.05, 4.69) is 22.5 Å². The zero-order chi connectivity index (χ0) is 10.6. The van der Waals surface area contributed by atoms with Gasteiger partial charge in [-0.2, -0.15) is 0 Å². The average molecular weight is 256 g/mol. The summed E-state index contributed by atoms with van der Waals surface area (Å²) in [5.41, 5.74) is 7.02. The van der Waals surface area contributed by atoms with Crippen molar-refractivity contribution in [3.63, 3.8) is 0 Å². The molecule has 76 valence electrons. The van der Waals surface area contributed by atoms with Gasteiger partial charge in [-0.1, -0.05) is 22.0 Å². The normalized spacial score (nSPS) is 12.2. The summed E-state index contributed by atoms with van der Waals surface area (Å²) in [6.07, 6.45) is 2.57. The van der Waals surface area contributed by atoms with Crippen LogP contribution in [0.5, 0.6) is 5.75 Å². The largest absolute Gasteiger partial charge is 0.497 e. The molecule has 0 bridgehead atoms. The van der Waals surface area contributed by atoms with Gasteiger partial charge in [0, 0.05) is 10.5 Å². The molecule has 0 heterocycles. The van der Waals surface area contributed by atoms with Gasteiger partial charge < -0.3 is 10.5 Å². The molecule has 2 N–H and O–H groups in total. The molecule has 14 heavy (non-hydrogen) atoms. The zero-order valence-corrected chi connectivity index (χ0v) is 9.75. The standard InChI is InChI=1S/C11H14BrNO/c1-3-4-11(13)9-7-8(14-2)5-6-10(9)12/h3,5-7,11H,1,4,13H2,2H3/t11-/m1/s1. The number of hydrogen-bond donors (Lipinski definition) is 1. The summed E-state index contributed by atoms with van der Waals surface area (Å²) in [6.45, 7) is 3.67. The third-order valence-corrected chi connectivity index (χ3v) is 2.75. The molecule has 1 aromatic rings. The second-order valence-corrected chi connectivity index (χ2v) is 3.87. The van der Waals surface area contributed by atoms with Crippen molar-refractivity contribution in [2.24, 2.45) is 5.73 Å². The molecule has 1 rings (SSSR count). The molecule has 1 aromatic carbocycles. The number of hydrogen-bond acceptors (Lipinski definition) is 2. The monoisotopic (exact) mass is 255 g/mol. The van der Waals surface area contributed by atoms with Gasteiger partial charge in [0.25, 0.3) is 0 Å². The molecular formula is C11H14BrNO. The highest BCUT2D eigenvalue weighted by Crippen LogP contribution is 2.28. The molecule has 0 aliphatic carbocycles. The molecule has 0 saturated carbocycles. The van der Waals surface area contributed by atoms with Crippen LogP contribution in [-0.4, -0.2) is 7.11 Å². The SMILES string of the molecule is C=CC[C@@H](N)c1cc(OC)ccc1Br. The Balaban J connectivity index is 2.98. The Kier molecular flexibility index (Phi) is 4.17. The fraction of sp³-hybridized carbons (Fsp3) is 0.273. The Labute approximate surface area is 92.9 Å². The predicted molar refractivity (Wildman–Crippen MR) is 62.4 cm³/mol. The molecule has 0 aliphatic heterocycles. The molecule has 0 aromatic heterocycles. The van der Waals surface area contributed by atoms with Crippen LogP contribution in [0.2, 0.25) is 0 Å². The second-order valence-electron chi connectivity index (χ2n) is 3.02. The number of halogens is 1. The van der Waals surface area contributed by atoms with E-state index in [0.29, 0.717) is 0 Å². The lowest BCUT2D eigenvalue weighted by Crippen LogP contribution is -2.09. The van der Waals surface area contributed by atoms with Crippen molar-refractivity contribution >= 4 is 15.9 Å². The van der Waals surface area contributed by atoms with Crippen LogP contribution in [0.25, 0.3) is 0 Å². The maximum atomic E-state index is 5.97. The molecule has 0 spiro atoms. The molecule has 3 heteroatoms. The van der Waals surface area contributed by atoms with Crippen molar-refractivity contribution in [3.05, 3.63) is 40.9 Å². The van der Waals surface area contributed by atoms with E-state index in [0.717, 1.165) is 22.2 Å². The fourth-order valence-corrected chi connectivity index (χ4v) is 1.78. The van der Waals surface area contributed by atoms with E-state index < -0.39 is 0 Å². The lowest BCUT2D eigenvalue weighted by atomic mass is 10.0. The Morgan fingerprint density at radius 2 is 2.36 bits per heavy atom. The van der Waals surface area contributed by atoms with Crippen LogP contribution >= 0.6 is 15.9 Å². The summed E-state index contributed by atoms with van der Waals surface area (Å²) >= 11 is 3.46. The Hall–Kier alpha value is -0.800. The quantitative estimate of drug-likeness (QED) is 0.840. The first kappa shape index (κ1) is 11.3. The number of rotatable bonds is 4. The fourth-order valence-electron chi connectivity index (χ4n) is 1.24. The molecule has 0 aliphatic rings. The van der Waals surface area contributed by atoms with Crippen molar-refractivity contribution in [1.29, 1.82) is 0 Å². The summed E-state index contributed by atoms with van der Waals surface area (Å²) in [6, 6.07) is 5.75. The van der Waals surface area contributed by atoms with E-state index >= 15 is 0 Å². The Morgan fingerprint density at radius 3 is 2.93 bits per heavy atom. The molecule has 0 saturated heterocycles. The summed E-state index contributed by atoms with van der Waals surface area (Å²) < 4.78 is 6.14. The van der Waals surface area contributed by atoms with E-state index in [1.807, 2.05) is 24.3 Å². The van der Waals surface area contributed by atoms with Crippen LogP contribution in [0.3, 0.4) is 0 Å². The summed E-state index contributed by atoms with van der Waals surface area (Å²) in [5.74, 6) is 0.822.